The van der Waals surface area contributed by atoms with E-state index in [4.69, 9.17) is 27.9 Å². The number of halogens is 2. The highest BCUT2D eigenvalue weighted by Crippen LogP contribution is 2.34. The SMILES string of the molecule is CS(=O)(=O)N1CCC(N2CCN(C(=O)[C@@H](Cc3cc(Cl)c(O)c(Cl)c3)OC(=O)N3CCC(N4CCc5ccccc5NC4=O)CC3)CC2)CC1. The fourth-order valence-electron chi connectivity index (χ4n) is 7.47. The molecule has 272 valence electrons. The molecule has 3 saturated heterocycles. The van der Waals surface area contributed by atoms with Gasteiger partial charge in [-0.2, -0.15) is 0 Å². The quantitative estimate of drug-likeness (QED) is 0.435. The van der Waals surface area contributed by atoms with Gasteiger partial charge in [0.1, 0.15) is 0 Å². The maximum atomic E-state index is 14.0. The number of piperidine rings is 2. The minimum Gasteiger partial charge on any atom is -0.505 e. The number of amides is 4. The van der Waals surface area contributed by atoms with Crippen LogP contribution in [-0.2, 0) is 32.4 Å². The standard InChI is InChI=1S/C34H44Cl2N6O7S/c1-50(47,48)41-13-9-25(10-14-41)38-16-18-39(19-17-38)32(44)30(22-23-20-27(35)31(43)28(36)21-23)49-34(46)40-11-7-26(8-12-40)42-15-6-24-4-2-3-5-29(24)37-33(42)45/h2-5,20-21,25-26,30,43H,6-19,22H2,1H3,(H,37,45)/t30-/m1/s1. The van der Waals surface area contributed by atoms with Crippen LogP contribution in [0.1, 0.15) is 36.8 Å². The fourth-order valence-corrected chi connectivity index (χ4v) is 8.88. The van der Waals surface area contributed by atoms with E-state index in [1.165, 1.54) is 22.7 Å². The van der Waals surface area contributed by atoms with E-state index in [1.807, 2.05) is 29.2 Å². The Balaban J connectivity index is 1.07. The zero-order valence-corrected chi connectivity index (χ0v) is 30.4. The van der Waals surface area contributed by atoms with Crippen LogP contribution >= 0.6 is 23.2 Å². The molecule has 3 fully saturated rings. The molecule has 4 aliphatic heterocycles. The number of hydrogen-bond acceptors (Lipinski definition) is 8. The Hall–Kier alpha value is -3.30. The highest BCUT2D eigenvalue weighted by molar-refractivity contribution is 7.88. The Morgan fingerprint density at radius 3 is 2.16 bits per heavy atom. The summed E-state index contributed by atoms with van der Waals surface area (Å²) in [5.74, 6) is -0.596. The summed E-state index contributed by atoms with van der Waals surface area (Å²) in [7, 11) is -3.21. The monoisotopic (exact) mass is 750 g/mol. The van der Waals surface area contributed by atoms with Gasteiger partial charge >= 0.3 is 12.1 Å². The molecule has 50 heavy (non-hydrogen) atoms. The number of carbonyl (C=O) groups is 3. The molecule has 16 heteroatoms. The number of ether oxygens (including phenoxy) is 1. The molecule has 6 rings (SSSR count). The van der Waals surface area contributed by atoms with E-state index in [9.17, 15) is 27.9 Å². The molecule has 0 aromatic heterocycles. The van der Waals surface area contributed by atoms with E-state index in [0.717, 1.165) is 30.5 Å². The number of fused-ring (bicyclic) bond motifs is 1. The Morgan fingerprint density at radius 2 is 1.52 bits per heavy atom. The summed E-state index contributed by atoms with van der Waals surface area (Å²) in [5.41, 5.74) is 2.45. The average Bonchev–Trinajstić information content (AvgIpc) is 3.27. The van der Waals surface area contributed by atoms with Crippen molar-refractivity contribution < 1.29 is 32.6 Å². The van der Waals surface area contributed by atoms with Crippen molar-refractivity contribution in [2.45, 2.75) is 56.7 Å². The third kappa shape index (κ3) is 8.42. The molecule has 0 aliphatic carbocycles. The number of rotatable bonds is 7. The van der Waals surface area contributed by atoms with Gasteiger partial charge < -0.3 is 29.9 Å². The van der Waals surface area contributed by atoms with Gasteiger partial charge in [0.25, 0.3) is 5.91 Å². The van der Waals surface area contributed by atoms with E-state index < -0.39 is 22.2 Å². The molecule has 4 amide bonds. The molecule has 2 N–H and O–H groups in total. The first-order valence-electron chi connectivity index (χ1n) is 17.1. The molecule has 2 aromatic carbocycles. The molecular weight excluding hydrogens is 707 g/mol. The lowest BCUT2D eigenvalue weighted by Crippen LogP contribution is -2.57. The number of nitrogens with one attached hydrogen (secondary N) is 1. The summed E-state index contributed by atoms with van der Waals surface area (Å²) in [6, 6.07) is 10.8. The number of aromatic hydroxyl groups is 1. The van der Waals surface area contributed by atoms with Crippen LogP contribution in [0.25, 0.3) is 0 Å². The number of benzene rings is 2. The smallest absolute Gasteiger partial charge is 0.410 e. The predicted molar refractivity (Wildman–Crippen MR) is 190 cm³/mol. The summed E-state index contributed by atoms with van der Waals surface area (Å²) in [6.07, 6.45) is 2.84. The molecule has 4 aliphatic rings. The zero-order chi connectivity index (χ0) is 35.6. The van der Waals surface area contributed by atoms with Crippen LogP contribution in [0.4, 0.5) is 15.3 Å². The van der Waals surface area contributed by atoms with Crippen LogP contribution in [0.2, 0.25) is 10.0 Å². The van der Waals surface area contributed by atoms with E-state index >= 15 is 0 Å². The normalized spacial score (nSPS) is 20.9. The van der Waals surface area contributed by atoms with Crippen LogP contribution < -0.4 is 5.32 Å². The van der Waals surface area contributed by atoms with Crippen molar-refractivity contribution in [1.29, 1.82) is 0 Å². The minimum atomic E-state index is -3.21. The minimum absolute atomic E-state index is 0.0133. The molecule has 13 nitrogen and oxygen atoms in total. The Bertz CT molecular complexity index is 1670. The van der Waals surface area contributed by atoms with Gasteiger partial charge in [-0.1, -0.05) is 41.4 Å². The molecule has 0 unspecified atom stereocenters. The van der Waals surface area contributed by atoms with Gasteiger partial charge in [-0.3, -0.25) is 9.69 Å². The van der Waals surface area contributed by atoms with Crippen molar-refractivity contribution in [1.82, 2.24) is 23.9 Å². The molecule has 0 bridgehead atoms. The zero-order valence-electron chi connectivity index (χ0n) is 28.1. The number of piperazine rings is 1. The van der Waals surface area contributed by atoms with E-state index in [2.05, 4.69) is 10.2 Å². The summed E-state index contributed by atoms with van der Waals surface area (Å²) in [4.78, 5) is 48.1. The molecular formula is C34H44Cl2N6O7S. The van der Waals surface area contributed by atoms with Gasteiger partial charge in [0.05, 0.1) is 16.3 Å². The highest BCUT2D eigenvalue weighted by Gasteiger charge is 2.37. The number of anilines is 1. The summed E-state index contributed by atoms with van der Waals surface area (Å²) >= 11 is 12.4. The number of hydrogen-bond donors (Lipinski definition) is 2. The number of carbonyl (C=O) groups excluding carboxylic acids is 3. The molecule has 1 atom stereocenters. The number of phenolic OH excluding ortho intramolecular Hbond substituents is 1. The predicted octanol–water partition coefficient (Wildman–Crippen LogP) is 3.87. The van der Waals surface area contributed by atoms with Crippen molar-refractivity contribution in [3.63, 3.8) is 0 Å². The van der Waals surface area contributed by atoms with Crippen LogP contribution in [-0.4, -0.2) is 139 Å². The highest BCUT2D eigenvalue weighted by atomic mass is 35.5. The fraction of sp³-hybridized carbons (Fsp3) is 0.559. The second-order valence-electron chi connectivity index (χ2n) is 13.5. The molecule has 2 aromatic rings. The molecule has 0 radical (unpaired) electrons. The second-order valence-corrected chi connectivity index (χ2v) is 16.3. The second kappa shape index (κ2) is 15.5. The third-order valence-corrected chi connectivity index (χ3v) is 12.2. The Labute approximate surface area is 303 Å². The molecule has 0 saturated carbocycles. The lowest BCUT2D eigenvalue weighted by Gasteiger charge is -2.43. The number of phenols is 1. The first kappa shape index (κ1) is 36.5. The van der Waals surface area contributed by atoms with Gasteiger partial charge in [0.15, 0.2) is 11.9 Å². The number of nitrogens with zero attached hydrogens (tertiary/aromatic N) is 5. The van der Waals surface area contributed by atoms with Crippen molar-refractivity contribution >= 4 is 56.9 Å². The van der Waals surface area contributed by atoms with Crippen molar-refractivity contribution in [2.24, 2.45) is 0 Å². The van der Waals surface area contributed by atoms with Gasteiger partial charge in [0.2, 0.25) is 10.0 Å². The molecule has 4 heterocycles. The number of para-hydroxylation sites is 1. The van der Waals surface area contributed by atoms with Crippen LogP contribution in [0.5, 0.6) is 5.75 Å². The first-order valence-corrected chi connectivity index (χ1v) is 19.7. The van der Waals surface area contributed by atoms with E-state index in [0.29, 0.717) is 77.3 Å². The van der Waals surface area contributed by atoms with Gasteiger partial charge in [-0.25, -0.2) is 22.3 Å². The van der Waals surface area contributed by atoms with E-state index in [-0.39, 0.29) is 46.2 Å². The van der Waals surface area contributed by atoms with Crippen molar-refractivity contribution in [2.75, 3.05) is 70.5 Å². The topological polar surface area (TPSA) is 143 Å². The number of likely N-dealkylation sites (tertiary alicyclic amines) is 1. The lowest BCUT2D eigenvalue weighted by molar-refractivity contribution is -0.143. The van der Waals surface area contributed by atoms with E-state index in [1.54, 1.807) is 9.80 Å². The maximum Gasteiger partial charge on any atom is 0.410 e. The average molecular weight is 752 g/mol. The van der Waals surface area contributed by atoms with Crippen LogP contribution in [0.15, 0.2) is 36.4 Å². The Kier molecular flexibility index (Phi) is 11.3. The molecule has 0 spiro atoms. The number of sulfonamides is 1. The van der Waals surface area contributed by atoms with Crippen LogP contribution in [0, 0.1) is 0 Å². The third-order valence-electron chi connectivity index (χ3n) is 10.4. The maximum absolute atomic E-state index is 14.0. The first-order chi connectivity index (χ1) is 23.9. The van der Waals surface area contributed by atoms with Crippen molar-refractivity contribution in [3.05, 3.63) is 57.6 Å². The Morgan fingerprint density at radius 1 is 0.900 bits per heavy atom. The van der Waals surface area contributed by atoms with Crippen molar-refractivity contribution in [3.8, 4) is 5.75 Å². The largest absolute Gasteiger partial charge is 0.505 e. The van der Waals surface area contributed by atoms with Crippen LogP contribution in [0.3, 0.4) is 0 Å². The summed E-state index contributed by atoms with van der Waals surface area (Å²) in [6.45, 7) is 4.39. The summed E-state index contributed by atoms with van der Waals surface area (Å²) < 4.78 is 31.3. The summed E-state index contributed by atoms with van der Waals surface area (Å²) in [5, 5.41) is 13.2. The van der Waals surface area contributed by atoms with Gasteiger partial charge in [-0.05, 0) is 61.4 Å². The lowest BCUT2D eigenvalue weighted by atomic mass is 10.0. The van der Waals surface area contributed by atoms with Gasteiger partial charge in [0, 0.05) is 83.1 Å². The van der Waals surface area contributed by atoms with Gasteiger partial charge in [-0.15, -0.1) is 0 Å². The number of urea groups is 1.